The first-order chi connectivity index (χ1) is 58.7. The number of fused-ring (bicyclic) bond motifs is 3. The van der Waals surface area contributed by atoms with Crippen molar-refractivity contribution in [3.05, 3.63) is 179 Å². The lowest BCUT2D eigenvalue weighted by Gasteiger charge is -2.32. The van der Waals surface area contributed by atoms with Gasteiger partial charge in [-0.05, 0) is 228 Å². The van der Waals surface area contributed by atoms with E-state index in [1.165, 1.54) is 142 Å². The summed E-state index contributed by atoms with van der Waals surface area (Å²) in [4.78, 5) is 51.7. The Balaban J connectivity index is 0.00000136. The maximum absolute atomic E-state index is 11.2. The highest BCUT2D eigenvalue weighted by atomic mass is 32.1. The first kappa shape index (κ1) is 118. The van der Waals surface area contributed by atoms with E-state index in [9.17, 15) is 9.82 Å². The zero-order valence-corrected chi connectivity index (χ0v) is 84.9. The average molecular weight is 1750 g/mol. The lowest BCUT2D eigenvalue weighted by atomic mass is 9.64. The molecule has 0 spiro atoms. The van der Waals surface area contributed by atoms with Gasteiger partial charge < -0.3 is 43.6 Å². The summed E-state index contributed by atoms with van der Waals surface area (Å²) in [5, 5.41) is 12.5. The molecule has 0 saturated carbocycles. The van der Waals surface area contributed by atoms with Crippen molar-refractivity contribution in [1.82, 2.24) is 53.9 Å². The van der Waals surface area contributed by atoms with Crippen LogP contribution < -0.4 is 5.46 Å². The fraction of sp³-hybridized carbons (Fsp3) is 0.657. The fourth-order valence-electron chi connectivity index (χ4n) is 12.7. The topological polar surface area (TPSA) is 181 Å². The molecule has 125 heavy (non-hydrogen) atoms. The second-order valence-electron chi connectivity index (χ2n) is 37.1. The number of nitrogens with zero attached hydrogens (tertiary/aromatic N) is 12. The lowest BCUT2D eigenvalue weighted by Crippen LogP contribution is -2.44. The SMILES string of the molecule is C.CB(O)c1ccc(C(C)C)cc1.CC(C)C1=NCc2ccccc21.CC(C)CCCC(=O)OC(C)(C)C.CC(C)OCCCN1CCCC1.CC(C)OCCCN1CCN(C)CC1.CC(C)c1ccc2cccnc2c1.CC(C)c1cn2ccsc2n1.CC(C)c1cnccn1.CCCC(C)C.CCN(CC)CCCOC(C)C.Cc1ncc(C(C)C)cn1. The number of likely N-dealkylation sites (tertiary alicyclic amines) is 1. The smallest absolute Gasteiger partial charge is 0.320 e. The molecule has 0 aliphatic carbocycles. The van der Waals surface area contributed by atoms with Gasteiger partial charge in [0.25, 0.3) is 0 Å². The van der Waals surface area contributed by atoms with Crippen LogP contribution in [-0.4, -0.2) is 200 Å². The third-order valence-electron chi connectivity index (χ3n) is 20.3. The molecule has 0 radical (unpaired) electrons. The summed E-state index contributed by atoms with van der Waals surface area (Å²) < 4.78 is 23.7. The number of aromatic nitrogens is 7. The number of carbonyl (C=O) groups is 1. The van der Waals surface area contributed by atoms with E-state index in [1.54, 1.807) is 36.8 Å². The minimum Gasteiger partial charge on any atom is -0.460 e. The summed E-state index contributed by atoms with van der Waals surface area (Å²) >= 11 is 1.68. The van der Waals surface area contributed by atoms with Crippen molar-refractivity contribution in [2.75, 3.05) is 98.9 Å². The largest absolute Gasteiger partial charge is 0.460 e. The number of likely N-dealkylation sites (N-methyl/N-ethyl adjacent to an activating group) is 1. The molecule has 3 aromatic carbocycles. The van der Waals surface area contributed by atoms with Crippen molar-refractivity contribution in [1.29, 1.82) is 0 Å². The van der Waals surface area contributed by atoms with Crippen LogP contribution in [0.15, 0.2) is 139 Å². The van der Waals surface area contributed by atoms with Crippen LogP contribution in [0.3, 0.4) is 0 Å². The monoisotopic (exact) mass is 1750 g/mol. The number of hydrogen-bond acceptors (Lipinski definition) is 18. The molecular weight excluding hydrogens is 1570 g/mol. The molecule has 0 unspecified atom stereocenters. The lowest BCUT2D eigenvalue weighted by molar-refractivity contribution is -0.155. The Morgan fingerprint density at radius 2 is 1.10 bits per heavy atom. The number of aliphatic imine (C=N–C) groups is 1. The Kier molecular flexibility index (Phi) is 65.6. The van der Waals surface area contributed by atoms with Crippen LogP contribution in [0.5, 0.6) is 0 Å². The van der Waals surface area contributed by atoms with Gasteiger partial charge in [-0.3, -0.25) is 29.1 Å². The number of pyridine rings is 1. The predicted molar refractivity (Wildman–Crippen MR) is 541 cm³/mol. The van der Waals surface area contributed by atoms with E-state index in [4.69, 9.17) is 18.9 Å². The zero-order chi connectivity index (χ0) is 93.1. The van der Waals surface area contributed by atoms with Crippen LogP contribution in [-0.2, 0) is 30.3 Å². The van der Waals surface area contributed by atoms with Crippen LogP contribution in [0, 0.1) is 24.7 Å². The van der Waals surface area contributed by atoms with E-state index in [-0.39, 0.29) is 25.9 Å². The number of benzene rings is 3. The maximum atomic E-state index is 11.2. The van der Waals surface area contributed by atoms with E-state index in [0.717, 1.165) is 92.1 Å². The Morgan fingerprint density at radius 1 is 0.568 bits per heavy atom. The number of ether oxygens (including phenoxy) is 4. The molecule has 706 valence electrons. The van der Waals surface area contributed by atoms with E-state index in [1.807, 2.05) is 76.1 Å². The van der Waals surface area contributed by atoms with E-state index in [0.29, 0.717) is 66.2 Å². The highest BCUT2D eigenvalue weighted by Crippen LogP contribution is 2.24. The normalized spacial score (nSPS) is 13.1. The average Bonchev–Trinajstić information content (AvgIpc) is 1.70. The predicted octanol–water partition coefficient (Wildman–Crippen LogP) is 25.0. The summed E-state index contributed by atoms with van der Waals surface area (Å²) in [7, 11) is 2.19. The third kappa shape index (κ3) is 58.5. The van der Waals surface area contributed by atoms with Crippen molar-refractivity contribution in [3.63, 3.8) is 0 Å². The van der Waals surface area contributed by atoms with Gasteiger partial charge in [0.05, 0.1) is 41.8 Å². The molecule has 8 heterocycles. The minimum absolute atomic E-state index is 0. The standard InChI is InChI=1S/C12H13N.C11H24N2O.C11H13N.C11H22O2.C10H15BO.C10H21NO.C10H23NO.C8H10N2S.C8H12N2.C7H10N2.C6H14.CH4/c1-9(2)11-6-5-10-4-3-7-13-12(10)8-11;1-11(2)14-10-4-5-13-8-6-12(3)7-9-13;1-8(2)11-10-6-4-3-5-9(10)7-12-11;1-9(2)7-6-8-10(12)13-11(3,4)5;1-8(2)9-4-6-10(7-5-9)11(3)12;1-10(2)12-9-5-8-11-6-3-4-7-11;1-5-11(6-2)8-7-9-12-10(3)4;1-6(2)7-5-10-3-4-11-8(10)9-7;1-6(2)8-4-9-7(3)10-5-8;1-6(2)7-5-8-3-4-9-7;1-4-5-6(2)3;/h3-9H,1-2H3;11H,4-10H2,1-3H3;3-6,8H,7H2,1-2H3;9H,6-8H2,1-5H3;4-8,12H,1-3H3;10H,3-9H2,1-2H3;10H,5-9H2,1-4H3;3-6H,1-2H3;4-6H,1-3H3;3-6H,1-2H3;6H,4-5H2,1-3H3;1H4. The number of thiazole rings is 1. The number of carbonyl (C=O) groups excluding carboxylic acids is 1. The molecule has 0 amide bonds. The zero-order valence-electron chi connectivity index (χ0n) is 84.1. The van der Waals surface area contributed by atoms with Crippen LogP contribution in [0.25, 0.3) is 15.9 Å². The van der Waals surface area contributed by atoms with Crippen LogP contribution in [0.4, 0.5) is 0 Å². The van der Waals surface area contributed by atoms with Gasteiger partial charge in [0.15, 0.2) is 4.96 Å². The van der Waals surface area contributed by atoms with Crippen molar-refractivity contribution in [3.8, 4) is 0 Å². The number of aryl methyl sites for hydroxylation is 1. The summed E-state index contributed by atoms with van der Waals surface area (Å²) in [5.74, 6) is 5.56. The molecule has 11 rings (SSSR count). The van der Waals surface area contributed by atoms with Gasteiger partial charge in [0.2, 0.25) is 0 Å². The Bertz CT molecular complexity index is 3840. The summed E-state index contributed by atoms with van der Waals surface area (Å²) in [6.45, 7) is 79.9. The second-order valence-corrected chi connectivity index (χ2v) is 38.0. The van der Waals surface area contributed by atoms with Gasteiger partial charge in [-0.25, -0.2) is 15.0 Å². The molecular formula is C105H181BN12O6S. The molecule has 0 bridgehead atoms. The van der Waals surface area contributed by atoms with Crippen molar-refractivity contribution in [2.45, 2.75) is 339 Å². The number of piperazine rings is 1. The molecule has 8 aromatic rings. The quantitative estimate of drug-likeness (QED) is 0.0255. The van der Waals surface area contributed by atoms with Gasteiger partial charge in [-0.1, -0.05) is 232 Å². The molecule has 20 heteroatoms. The Hall–Kier alpha value is -6.72. The Morgan fingerprint density at radius 3 is 1.56 bits per heavy atom. The molecule has 18 nitrogen and oxygen atoms in total. The number of rotatable bonds is 30. The van der Waals surface area contributed by atoms with E-state index in [2.05, 4.69) is 306 Å². The van der Waals surface area contributed by atoms with Gasteiger partial charge in [-0.15, -0.1) is 11.3 Å². The van der Waals surface area contributed by atoms with Gasteiger partial charge in [-0.2, -0.15) is 0 Å². The number of imidazole rings is 1. The summed E-state index contributed by atoms with van der Waals surface area (Å²) in [5.41, 5.74) is 11.8. The van der Waals surface area contributed by atoms with Gasteiger partial charge in [0, 0.05) is 144 Å². The van der Waals surface area contributed by atoms with Gasteiger partial charge in [0.1, 0.15) is 11.4 Å². The summed E-state index contributed by atoms with van der Waals surface area (Å²) in [6.07, 6.45) is 27.7. The van der Waals surface area contributed by atoms with Crippen molar-refractivity contribution in [2.24, 2.45) is 22.7 Å². The fourth-order valence-corrected chi connectivity index (χ4v) is 13.4. The number of hydrogen-bond donors (Lipinski definition) is 1. The van der Waals surface area contributed by atoms with Crippen LogP contribution in [0.1, 0.15) is 340 Å². The molecule has 2 saturated heterocycles. The third-order valence-corrected chi connectivity index (χ3v) is 21.1. The molecule has 3 aliphatic heterocycles. The highest BCUT2D eigenvalue weighted by molar-refractivity contribution is 7.15. The second kappa shape index (κ2) is 69.3. The molecule has 3 aliphatic rings. The first-order valence-electron chi connectivity index (χ1n) is 47.3. The van der Waals surface area contributed by atoms with E-state index < -0.39 is 0 Å². The van der Waals surface area contributed by atoms with Crippen molar-refractivity contribution >= 4 is 51.3 Å². The number of esters is 1. The molecule has 0 atom stereocenters. The molecule has 2 fully saturated rings. The Labute approximate surface area is 769 Å². The maximum Gasteiger partial charge on any atom is 0.320 e. The summed E-state index contributed by atoms with van der Waals surface area (Å²) in [6, 6.07) is 27.2. The minimum atomic E-state index is -0.355. The van der Waals surface area contributed by atoms with Crippen molar-refractivity contribution < 1.29 is 28.8 Å². The van der Waals surface area contributed by atoms with Gasteiger partial charge >= 0.3 is 12.9 Å². The molecule has 1 N–H and O–H groups in total. The first-order valence-corrected chi connectivity index (χ1v) is 48.2. The molecule has 5 aromatic heterocycles. The van der Waals surface area contributed by atoms with E-state index >= 15 is 0 Å². The van der Waals surface area contributed by atoms with Crippen LogP contribution in [0.2, 0.25) is 6.82 Å². The highest BCUT2D eigenvalue weighted by Gasteiger charge is 2.19. The van der Waals surface area contributed by atoms with Crippen LogP contribution >= 0.6 is 11.3 Å².